The quantitative estimate of drug-likeness (QED) is 0.728. The first-order valence-electron chi connectivity index (χ1n) is 7.76. The molecule has 20 heavy (non-hydrogen) atoms. The molecule has 0 aromatic carbocycles. The lowest BCUT2D eigenvalue weighted by atomic mass is 9.94. The van der Waals surface area contributed by atoms with Gasteiger partial charge < -0.3 is 4.90 Å². The van der Waals surface area contributed by atoms with Gasteiger partial charge in [0.05, 0.1) is 6.26 Å². The summed E-state index contributed by atoms with van der Waals surface area (Å²) in [4.78, 5) is 2.56. The van der Waals surface area contributed by atoms with E-state index >= 15 is 0 Å². The molecule has 0 saturated carbocycles. The van der Waals surface area contributed by atoms with Crippen LogP contribution >= 0.6 is 11.6 Å². The van der Waals surface area contributed by atoms with Gasteiger partial charge >= 0.3 is 0 Å². The molecule has 2 saturated heterocycles. The first-order valence-corrected chi connectivity index (χ1v) is 10.1. The van der Waals surface area contributed by atoms with E-state index in [4.69, 9.17) is 11.6 Å². The molecule has 2 aliphatic rings. The van der Waals surface area contributed by atoms with Gasteiger partial charge in [0.15, 0.2) is 0 Å². The van der Waals surface area contributed by atoms with Crippen LogP contribution in [0.15, 0.2) is 0 Å². The number of alkyl halides is 1. The van der Waals surface area contributed by atoms with Crippen LogP contribution in [0.1, 0.15) is 38.5 Å². The Morgan fingerprint density at radius 1 is 1.15 bits per heavy atom. The van der Waals surface area contributed by atoms with Crippen molar-refractivity contribution in [1.29, 1.82) is 0 Å². The lowest BCUT2D eigenvalue weighted by molar-refractivity contribution is 0.104. The summed E-state index contributed by atoms with van der Waals surface area (Å²) in [6.45, 7) is 3.58. The molecule has 2 heterocycles. The van der Waals surface area contributed by atoms with E-state index < -0.39 is 10.0 Å². The number of nitrogens with zero attached hydrogens (tertiary/aromatic N) is 2. The number of rotatable bonds is 5. The van der Waals surface area contributed by atoms with Crippen molar-refractivity contribution in [1.82, 2.24) is 9.21 Å². The molecular formula is C14H27ClN2O2S. The summed E-state index contributed by atoms with van der Waals surface area (Å²) in [5.74, 6) is 1.20. The molecule has 6 heteroatoms. The van der Waals surface area contributed by atoms with Gasteiger partial charge in [-0.05, 0) is 44.6 Å². The van der Waals surface area contributed by atoms with E-state index in [2.05, 4.69) is 4.90 Å². The predicted molar refractivity (Wildman–Crippen MR) is 83.7 cm³/mol. The Labute approximate surface area is 128 Å². The van der Waals surface area contributed by atoms with Gasteiger partial charge in [0, 0.05) is 31.6 Å². The second-order valence-corrected chi connectivity index (χ2v) is 8.61. The minimum absolute atomic E-state index is 0.481. The Morgan fingerprint density at radius 3 is 2.65 bits per heavy atom. The van der Waals surface area contributed by atoms with E-state index in [1.807, 2.05) is 0 Å². The Balaban J connectivity index is 1.91. The SMILES string of the molecule is CS(=O)(=O)N1CCCC(CN2CCCCC2CCCl)C1. The van der Waals surface area contributed by atoms with Crippen LogP contribution in [0, 0.1) is 5.92 Å². The van der Waals surface area contributed by atoms with Gasteiger partial charge in [0.2, 0.25) is 10.0 Å². The molecule has 2 atom stereocenters. The summed E-state index contributed by atoms with van der Waals surface area (Å²) in [6.07, 6.45) is 8.34. The molecule has 2 unspecified atom stereocenters. The Hall–Kier alpha value is 0.160. The van der Waals surface area contributed by atoms with Gasteiger partial charge in [0.1, 0.15) is 0 Å². The van der Waals surface area contributed by atoms with E-state index in [0.717, 1.165) is 38.2 Å². The molecule has 118 valence electrons. The van der Waals surface area contributed by atoms with Crippen LogP contribution in [0.5, 0.6) is 0 Å². The minimum Gasteiger partial charge on any atom is -0.300 e. The molecular weight excluding hydrogens is 296 g/mol. The van der Waals surface area contributed by atoms with Gasteiger partial charge in [-0.3, -0.25) is 0 Å². The molecule has 0 amide bonds. The van der Waals surface area contributed by atoms with E-state index in [1.54, 1.807) is 4.31 Å². The van der Waals surface area contributed by atoms with Crippen LogP contribution in [-0.2, 0) is 10.0 Å². The largest absolute Gasteiger partial charge is 0.300 e. The smallest absolute Gasteiger partial charge is 0.211 e. The highest BCUT2D eigenvalue weighted by Gasteiger charge is 2.29. The molecule has 4 nitrogen and oxygen atoms in total. The predicted octanol–water partition coefficient (Wildman–Crippen LogP) is 2.14. The molecule has 2 fully saturated rings. The average Bonchev–Trinajstić information content (AvgIpc) is 2.41. The number of hydrogen-bond donors (Lipinski definition) is 0. The standard InChI is InChI=1S/C14H27ClN2O2S/c1-20(18,19)17-10-4-5-13(12-17)11-16-9-3-2-6-14(16)7-8-15/h13-14H,2-12H2,1H3. The lowest BCUT2D eigenvalue weighted by Gasteiger charge is -2.40. The first kappa shape index (κ1) is 16.5. The third kappa shape index (κ3) is 4.58. The zero-order valence-corrected chi connectivity index (χ0v) is 14.0. The maximum atomic E-state index is 11.7. The van der Waals surface area contributed by atoms with Crippen molar-refractivity contribution in [2.24, 2.45) is 5.92 Å². The Bertz CT molecular complexity index is 400. The van der Waals surface area contributed by atoms with E-state index in [1.165, 1.54) is 25.5 Å². The van der Waals surface area contributed by atoms with Gasteiger partial charge in [0.25, 0.3) is 0 Å². The summed E-state index contributed by atoms with van der Waals surface area (Å²) in [7, 11) is -3.03. The molecule has 0 aliphatic carbocycles. The summed E-state index contributed by atoms with van der Waals surface area (Å²) >= 11 is 5.91. The third-order valence-electron chi connectivity index (χ3n) is 4.63. The molecule has 0 spiro atoms. The number of sulfonamides is 1. The van der Waals surface area contributed by atoms with Gasteiger partial charge in [-0.2, -0.15) is 0 Å². The molecule has 0 N–H and O–H groups in total. The number of halogens is 1. The van der Waals surface area contributed by atoms with Gasteiger partial charge in [-0.15, -0.1) is 11.6 Å². The van der Waals surface area contributed by atoms with Crippen molar-refractivity contribution >= 4 is 21.6 Å². The second-order valence-electron chi connectivity index (χ2n) is 6.25. The highest BCUT2D eigenvalue weighted by Crippen LogP contribution is 2.25. The number of likely N-dealkylation sites (tertiary alicyclic amines) is 1. The summed E-state index contributed by atoms with van der Waals surface area (Å²) < 4.78 is 25.0. The molecule has 0 aromatic rings. The van der Waals surface area contributed by atoms with Crippen LogP contribution < -0.4 is 0 Å². The van der Waals surface area contributed by atoms with Crippen molar-refractivity contribution in [2.45, 2.75) is 44.6 Å². The topological polar surface area (TPSA) is 40.6 Å². The average molecular weight is 323 g/mol. The van der Waals surface area contributed by atoms with Crippen LogP contribution in [-0.4, -0.2) is 62.0 Å². The van der Waals surface area contributed by atoms with Crippen molar-refractivity contribution in [3.8, 4) is 0 Å². The van der Waals surface area contributed by atoms with Crippen molar-refractivity contribution < 1.29 is 8.42 Å². The summed E-state index contributed by atoms with van der Waals surface area (Å²) in [6, 6.07) is 0.606. The fourth-order valence-electron chi connectivity index (χ4n) is 3.56. The zero-order valence-electron chi connectivity index (χ0n) is 12.4. The molecule has 2 aliphatic heterocycles. The van der Waals surface area contributed by atoms with E-state index in [0.29, 0.717) is 25.0 Å². The van der Waals surface area contributed by atoms with Crippen molar-refractivity contribution in [3.05, 3.63) is 0 Å². The van der Waals surface area contributed by atoms with Gasteiger partial charge in [-0.1, -0.05) is 6.42 Å². The lowest BCUT2D eigenvalue weighted by Crippen LogP contribution is -2.47. The van der Waals surface area contributed by atoms with Crippen LogP contribution in [0.25, 0.3) is 0 Å². The monoisotopic (exact) mass is 322 g/mol. The summed E-state index contributed by atoms with van der Waals surface area (Å²) in [5, 5.41) is 0. The molecule has 0 bridgehead atoms. The second kappa shape index (κ2) is 7.43. The van der Waals surface area contributed by atoms with Gasteiger partial charge in [-0.25, -0.2) is 12.7 Å². The highest BCUT2D eigenvalue weighted by atomic mass is 35.5. The fourth-order valence-corrected chi connectivity index (χ4v) is 4.76. The minimum atomic E-state index is -3.03. The fraction of sp³-hybridized carbons (Fsp3) is 1.00. The normalized spacial score (nSPS) is 30.5. The zero-order chi connectivity index (χ0) is 14.6. The number of hydrogen-bond acceptors (Lipinski definition) is 3. The number of piperidine rings is 2. The van der Waals surface area contributed by atoms with Crippen molar-refractivity contribution in [3.63, 3.8) is 0 Å². The summed E-state index contributed by atoms with van der Waals surface area (Å²) in [5.41, 5.74) is 0. The van der Waals surface area contributed by atoms with E-state index in [9.17, 15) is 8.42 Å². The van der Waals surface area contributed by atoms with Crippen LogP contribution in [0.3, 0.4) is 0 Å². The molecule has 0 radical (unpaired) electrons. The molecule has 0 aromatic heterocycles. The Kier molecular flexibility index (Phi) is 6.14. The Morgan fingerprint density at radius 2 is 1.95 bits per heavy atom. The van der Waals surface area contributed by atoms with Crippen molar-refractivity contribution in [2.75, 3.05) is 38.3 Å². The van der Waals surface area contributed by atoms with E-state index in [-0.39, 0.29) is 0 Å². The first-order chi connectivity index (χ1) is 9.50. The maximum absolute atomic E-state index is 11.7. The van der Waals surface area contributed by atoms with Crippen LogP contribution in [0.4, 0.5) is 0 Å². The maximum Gasteiger partial charge on any atom is 0.211 e. The van der Waals surface area contributed by atoms with Crippen LogP contribution in [0.2, 0.25) is 0 Å². The molecule has 2 rings (SSSR count). The highest BCUT2D eigenvalue weighted by molar-refractivity contribution is 7.88. The third-order valence-corrected chi connectivity index (χ3v) is 6.12.